The molecule has 1 aromatic carbocycles. The normalized spacial score (nSPS) is 10.6. The van der Waals surface area contributed by atoms with E-state index in [1.165, 1.54) is 0 Å². The number of hydrogen-bond acceptors (Lipinski definition) is 3. The number of aromatic hydroxyl groups is 1. The molecule has 1 aromatic heterocycles. The maximum absolute atomic E-state index is 9.49. The largest absolute Gasteiger partial charge is 0.506 e. The van der Waals surface area contributed by atoms with Crippen LogP contribution in [-0.2, 0) is 0 Å². The fraction of sp³-hybridized carbons (Fsp3) is 0. The molecule has 1 heterocycles. The lowest BCUT2D eigenvalue weighted by atomic mass is 10.2. The molecule has 5 heteroatoms. The third kappa shape index (κ3) is 1.53. The number of fused-ring (bicyclic) bond motifs is 1. The van der Waals surface area contributed by atoms with Gasteiger partial charge in [0.2, 0.25) is 0 Å². The summed E-state index contributed by atoms with van der Waals surface area (Å²) >= 11 is 6.49. The summed E-state index contributed by atoms with van der Waals surface area (Å²) in [4.78, 5) is 8.04. The standard InChI is InChI=1S/C8H4Br2N2O/c9-5-1-2-6(13)7-4(5)3-11-8(10)12-7/h1-3,13H. The van der Waals surface area contributed by atoms with Crippen molar-refractivity contribution in [1.82, 2.24) is 9.97 Å². The predicted octanol–water partition coefficient (Wildman–Crippen LogP) is 2.86. The number of benzene rings is 1. The van der Waals surface area contributed by atoms with Crippen LogP contribution in [0, 0.1) is 0 Å². The number of halogens is 2. The molecule has 0 radical (unpaired) electrons. The summed E-state index contributed by atoms with van der Waals surface area (Å²) in [5.41, 5.74) is 0.538. The van der Waals surface area contributed by atoms with Crippen molar-refractivity contribution in [2.75, 3.05) is 0 Å². The third-order valence-electron chi connectivity index (χ3n) is 1.65. The van der Waals surface area contributed by atoms with Gasteiger partial charge in [-0.25, -0.2) is 9.97 Å². The molecule has 0 spiro atoms. The van der Waals surface area contributed by atoms with Gasteiger partial charge in [0.1, 0.15) is 11.3 Å². The van der Waals surface area contributed by atoms with Gasteiger partial charge in [0.25, 0.3) is 0 Å². The first-order valence-electron chi connectivity index (χ1n) is 3.48. The molecular formula is C8H4Br2N2O. The van der Waals surface area contributed by atoms with Crippen LogP contribution in [0.5, 0.6) is 5.75 Å². The van der Waals surface area contributed by atoms with Crippen LogP contribution in [0.4, 0.5) is 0 Å². The molecule has 3 nitrogen and oxygen atoms in total. The van der Waals surface area contributed by atoms with Crippen LogP contribution in [0.2, 0.25) is 0 Å². The summed E-state index contributed by atoms with van der Waals surface area (Å²) in [5, 5.41) is 10.3. The van der Waals surface area contributed by atoms with E-state index in [1.807, 2.05) is 0 Å². The van der Waals surface area contributed by atoms with E-state index in [0.717, 1.165) is 9.86 Å². The molecule has 0 atom stereocenters. The zero-order chi connectivity index (χ0) is 9.42. The highest BCUT2D eigenvalue weighted by Gasteiger charge is 2.05. The van der Waals surface area contributed by atoms with Crippen LogP contribution in [-0.4, -0.2) is 15.1 Å². The molecule has 13 heavy (non-hydrogen) atoms. The summed E-state index contributed by atoms with van der Waals surface area (Å²) in [6.07, 6.45) is 1.65. The van der Waals surface area contributed by atoms with Crippen LogP contribution < -0.4 is 0 Å². The van der Waals surface area contributed by atoms with Gasteiger partial charge in [-0.2, -0.15) is 0 Å². The lowest BCUT2D eigenvalue weighted by Gasteiger charge is -2.01. The van der Waals surface area contributed by atoms with Gasteiger partial charge in [-0.05, 0) is 28.1 Å². The molecule has 0 aliphatic heterocycles. The van der Waals surface area contributed by atoms with E-state index < -0.39 is 0 Å². The van der Waals surface area contributed by atoms with Gasteiger partial charge in [-0.1, -0.05) is 15.9 Å². The summed E-state index contributed by atoms with van der Waals surface area (Å²) < 4.78 is 1.33. The summed E-state index contributed by atoms with van der Waals surface area (Å²) in [6, 6.07) is 3.35. The Balaban J connectivity index is 2.92. The minimum Gasteiger partial charge on any atom is -0.506 e. The first-order valence-corrected chi connectivity index (χ1v) is 5.07. The van der Waals surface area contributed by atoms with Gasteiger partial charge in [0, 0.05) is 16.1 Å². The monoisotopic (exact) mass is 302 g/mol. The Bertz CT molecular complexity index is 473. The fourth-order valence-corrected chi connectivity index (χ4v) is 1.75. The van der Waals surface area contributed by atoms with Crippen LogP contribution in [0.15, 0.2) is 27.5 Å². The van der Waals surface area contributed by atoms with Crippen LogP contribution >= 0.6 is 31.9 Å². The van der Waals surface area contributed by atoms with E-state index in [9.17, 15) is 5.11 Å². The molecule has 1 N–H and O–H groups in total. The fourth-order valence-electron chi connectivity index (χ4n) is 1.05. The topological polar surface area (TPSA) is 46.0 Å². The molecule has 0 fully saturated rings. The number of rotatable bonds is 0. The second-order valence-electron chi connectivity index (χ2n) is 2.47. The average Bonchev–Trinajstić information content (AvgIpc) is 2.12. The Kier molecular flexibility index (Phi) is 2.21. The average molecular weight is 304 g/mol. The van der Waals surface area contributed by atoms with Crippen molar-refractivity contribution in [3.05, 3.63) is 27.5 Å². The molecule has 0 saturated heterocycles. The van der Waals surface area contributed by atoms with Gasteiger partial charge in [0.15, 0.2) is 4.73 Å². The van der Waals surface area contributed by atoms with Crippen molar-refractivity contribution in [3.8, 4) is 5.75 Å². The third-order valence-corrected chi connectivity index (χ3v) is 2.72. The molecule has 2 rings (SSSR count). The second kappa shape index (κ2) is 3.23. The van der Waals surface area contributed by atoms with Crippen molar-refractivity contribution in [2.45, 2.75) is 0 Å². The van der Waals surface area contributed by atoms with Gasteiger partial charge in [0.05, 0.1) is 0 Å². The van der Waals surface area contributed by atoms with Crippen molar-refractivity contribution < 1.29 is 5.11 Å². The number of hydrogen-bond donors (Lipinski definition) is 1. The molecule has 66 valence electrons. The first kappa shape index (κ1) is 8.90. The van der Waals surface area contributed by atoms with Crippen molar-refractivity contribution >= 4 is 42.8 Å². The minimum atomic E-state index is 0.154. The molecule has 0 bridgehead atoms. The van der Waals surface area contributed by atoms with E-state index in [1.54, 1.807) is 18.3 Å². The molecule has 0 unspecified atom stereocenters. The van der Waals surface area contributed by atoms with Crippen molar-refractivity contribution in [2.24, 2.45) is 0 Å². The molecule has 0 aliphatic rings. The van der Waals surface area contributed by atoms with E-state index >= 15 is 0 Å². The zero-order valence-corrected chi connectivity index (χ0v) is 9.50. The van der Waals surface area contributed by atoms with Crippen LogP contribution in [0.25, 0.3) is 10.9 Å². The van der Waals surface area contributed by atoms with E-state index in [2.05, 4.69) is 41.8 Å². The Hall–Kier alpha value is -0.680. The van der Waals surface area contributed by atoms with Crippen LogP contribution in [0.3, 0.4) is 0 Å². The predicted molar refractivity (Wildman–Crippen MR) is 56.6 cm³/mol. The van der Waals surface area contributed by atoms with Crippen molar-refractivity contribution in [1.29, 1.82) is 0 Å². The Morgan fingerprint density at radius 2 is 2.00 bits per heavy atom. The Morgan fingerprint density at radius 3 is 2.77 bits per heavy atom. The maximum atomic E-state index is 9.49. The lowest BCUT2D eigenvalue weighted by molar-refractivity contribution is 0.480. The molecule has 0 aliphatic carbocycles. The van der Waals surface area contributed by atoms with E-state index in [0.29, 0.717) is 10.3 Å². The quantitative estimate of drug-likeness (QED) is 0.761. The van der Waals surface area contributed by atoms with Gasteiger partial charge < -0.3 is 5.11 Å². The summed E-state index contributed by atoms with van der Waals surface area (Å²) in [6.45, 7) is 0. The molecular weight excluding hydrogens is 300 g/mol. The number of nitrogens with zero attached hydrogens (tertiary/aromatic N) is 2. The first-order chi connectivity index (χ1) is 6.18. The highest BCUT2D eigenvalue weighted by atomic mass is 79.9. The summed E-state index contributed by atoms with van der Waals surface area (Å²) in [5.74, 6) is 0.154. The van der Waals surface area contributed by atoms with Crippen molar-refractivity contribution in [3.63, 3.8) is 0 Å². The summed E-state index contributed by atoms with van der Waals surface area (Å²) in [7, 11) is 0. The SMILES string of the molecule is Oc1ccc(Br)c2cnc(Br)nc12. The highest BCUT2D eigenvalue weighted by Crippen LogP contribution is 2.29. The Labute approximate surface area is 91.1 Å². The zero-order valence-electron chi connectivity index (χ0n) is 6.33. The van der Waals surface area contributed by atoms with Gasteiger partial charge >= 0.3 is 0 Å². The smallest absolute Gasteiger partial charge is 0.197 e. The highest BCUT2D eigenvalue weighted by molar-refractivity contribution is 9.10. The lowest BCUT2D eigenvalue weighted by Crippen LogP contribution is -1.85. The maximum Gasteiger partial charge on any atom is 0.197 e. The number of aromatic nitrogens is 2. The van der Waals surface area contributed by atoms with Gasteiger partial charge in [-0.3, -0.25) is 0 Å². The second-order valence-corrected chi connectivity index (χ2v) is 4.03. The molecule has 0 saturated carbocycles. The van der Waals surface area contributed by atoms with Crippen LogP contribution in [0.1, 0.15) is 0 Å². The molecule has 0 amide bonds. The Morgan fingerprint density at radius 1 is 1.23 bits per heavy atom. The van der Waals surface area contributed by atoms with E-state index in [-0.39, 0.29) is 5.75 Å². The minimum absolute atomic E-state index is 0.154. The number of phenols is 1. The van der Waals surface area contributed by atoms with E-state index in [4.69, 9.17) is 0 Å². The number of phenolic OH excluding ortho intramolecular Hbond substituents is 1. The molecule has 2 aromatic rings. The van der Waals surface area contributed by atoms with Gasteiger partial charge in [-0.15, -0.1) is 0 Å².